The summed E-state index contributed by atoms with van der Waals surface area (Å²) < 4.78 is 11.2. The quantitative estimate of drug-likeness (QED) is 0.408. The normalized spacial score (nSPS) is 15.0. The number of carbonyl (C=O) groups is 3. The first-order valence-corrected chi connectivity index (χ1v) is 9.71. The Hall–Kier alpha value is -3.72. The minimum atomic E-state index is -0.541. The minimum absolute atomic E-state index is 0.0123. The van der Waals surface area contributed by atoms with Gasteiger partial charge in [-0.1, -0.05) is 6.07 Å². The molecule has 0 saturated carbocycles. The Morgan fingerprint density at radius 3 is 2.55 bits per heavy atom. The van der Waals surface area contributed by atoms with Crippen molar-refractivity contribution >= 4 is 46.8 Å². The molecule has 1 heterocycles. The maximum atomic E-state index is 12.4. The van der Waals surface area contributed by atoms with Crippen molar-refractivity contribution in [3.63, 3.8) is 0 Å². The molecule has 0 bridgehead atoms. The molecule has 8 nitrogen and oxygen atoms in total. The van der Waals surface area contributed by atoms with Crippen LogP contribution in [0.3, 0.4) is 0 Å². The largest absolute Gasteiger partial charge is 0.496 e. The molecule has 9 heteroatoms. The number of hydrogen-bond acceptors (Lipinski definition) is 6. The van der Waals surface area contributed by atoms with E-state index < -0.39 is 11.8 Å². The van der Waals surface area contributed by atoms with Crippen LogP contribution >= 0.6 is 12.2 Å². The van der Waals surface area contributed by atoms with E-state index in [-0.39, 0.29) is 23.2 Å². The van der Waals surface area contributed by atoms with Crippen molar-refractivity contribution in [1.82, 2.24) is 10.2 Å². The van der Waals surface area contributed by atoms with E-state index in [1.54, 1.807) is 49.6 Å². The Kier molecular flexibility index (Phi) is 6.66. The van der Waals surface area contributed by atoms with E-state index in [1.165, 1.54) is 24.9 Å². The van der Waals surface area contributed by atoms with Crippen LogP contribution < -0.4 is 20.1 Å². The number of hydrogen-bond donors (Lipinski definition) is 2. The highest BCUT2D eigenvalue weighted by atomic mass is 32.1. The van der Waals surface area contributed by atoms with E-state index in [1.807, 2.05) is 0 Å². The third-order valence-corrected chi connectivity index (χ3v) is 4.87. The number of ether oxygens (including phenoxy) is 2. The van der Waals surface area contributed by atoms with Gasteiger partial charge < -0.3 is 14.8 Å². The second-order valence-electron chi connectivity index (χ2n) is 6.75. The van der Waals surface area contributed by atoms with Crippen molar-refractivity contribution in [3.8, 4) is 11.5 Å². The number of rotatable bonds is 6. The van der Waals surface area contributed by atoms with Gasteiger partial charge in [0.15, 0.2) is 5.11 Å². The lowest BCUT2D eigenvalue weighted by atomic mass is 10.0. The van der Waals surface area contributed by atoms with Gasteiger partial charge in [0.05, 0.1) is 7.11 Å². The van der Waals surface area contributed by atoms with Crippen LogP contribution in [0.15, 0.2) is 48.0 Å². The molecule has 2 aromatic carbocycles. The number of nitrogens with zero attached hydrogens (tertiary/aromatic N) is 1. The van der Waals surface area contributed by atoms with E-state index in [0.717, 1.165) is 5.56 Å². The molecule has 2 aromatic rings. The van der Waals surface area contributed by atoms with Crippen LogP contribution in [0.5, 0.6) is 11.5 Å². The highest BCUT2D eigenvalue weighted by Gasteiger charge is 2.30. The predicted molar refractivity (Wildman–Crippen MR) is 120 cm³/mol. The topological polar surface area (TPSA) is 97.0 Å². The molecule has 31 heavy (non-hydrogen) atoms. The first-order valence-electron chi connectivity index (χ1n) is 9.31. The molecule has 160 valence electrons. The van der Waals surface area contributed by atoms with E-state index in [9.17, 15) is 14.4 Å². The van der Waals surface area contributed by atoms with Gasteiger partial charge >= 0.3 is 0 Å². The van der Waals surface area contributed by atoms with Crippen LogP contribution in [0.1, 0.15) is 18.1 Å². The van der Waals surface area contributed by atoms with E-state index in [2.05, 4.69) is 10.6 Å². The van der Waals surface area contributed by atoms with E-state index in [4.69, 9.17) is 21.7 Å². The molecule has 1 aliphatic heterocycles. The molecule has 0 unspecified atom stereocenters. The first-order chi connectivity index (χ1) is 14.8. The van der Waals surface area contributed by atoms with Crippen molar-refractivity contribution in [2.24, 2.45) is 0 Å². The zero-order valence-corrected chi connectivity index (χ0v) is 18.0. The summed E-state index contributed by atoms with van der Waals surface area (Å²) in [6, 6.07) is 12.2. The van der Waals surface area contributed by atoms with Gasteiger partial charge in [0, 0.05) is 25.2 Å². The summed E-state index contributed by atoms with van der Waals surface area (Å²) in [5.74, 6) is 0.0525. The van der Waals surface area contributed by atoms with Gasteiger partial charge in [0.25, 0.3) is 11.8 Å². The number of carbonyl (C=O) groups excluding carboxylic acids is 3. The molecule has 0 aromatic heterocycles. The zero-order chi connectivity index (χ0) is 22.5. The molecule has 1 fully saturated rings. The van der Waals surface area contributed by atoms with E-state index >= 15 is 0 Å². The summed E-state index contributed by atoms with van der Waals surface area (Å²) in [5.41, 5.74) is 2.03. The van der Waals surface area contributed by atoms with Crippen LogP contribution in [0.25, 0.3) is 6.08 Å². The van der Waals surface area contributed by atoms with Crippen LogP contribution in [0.2, 0.25) is 0 Å². The first kappa shape index (κ1) is 22.0. The summed E-state index contributed by atoms with van der Waals surface area (Å²) in [7, 11) is 3.05. The summed E-state index contributed by atoms with van der Waals surface area (Å²) in [6.07, 6.45) is 1.50. The Balaban J connectivity index is 1.79. The maximum absolute atomic E-state index is 12.4. The van der Waals surface area contributed by atoms with Crippen LogP contribution in [0.4, 0.5) is 5.69 Å². The maximum Gasteiger partial charge on any atom is 0.265 e. The molecule has 3 rings (SSSR count). The fourth-order valence-corrected chi connectivity index (χ4v) is 3.09. The lowest BCUT2D eigenvalue weighted by Crippen LogP contribution is -2.52. The average molecular weight is 439 g/mol. The second kappa shape index (κ2) is 9.40. The summed E-state index contributed by atoms with van der Waals surface area (Å²) in [6.45, 7) is 1.64. The van der Waals surface area contributed by atoms with Crippen LogP contribution in [0, 0.1) is 0 Å². The second-order valence-corrected chi connectivity index (χ2v) is 7.13. The van der Waals surface area contributed by atoms with Crippen LogP contribution in [-0.4, -0.2) is 41.9 Å². The molecule has 0 atom stereocenters. The van der Waals surface area contributed by atoms with Gasteiger partial charge in [0.2, 0.25) is 5.91 Å². The van der Waals surface area contributed by atoms with Crippen LogP contribution in [-0.2, 0) is 21.0 Å². The Morgan fingerprint density at radius 1 is 1.19 bits per heavy atom. The number of benzene rings is 2. The van der Waals surface area contributed by atoms with Gasteiger partial charge in [-0.3, -0.25) is 24.6 Å². The predicted octanol–water partition coefficient (Wildman–Crippen LogP) is 2.49. The molecule has 1 aliphatic rings. The molecular weight excluding hydrogens is 418 g/mol. The third-order valence-electron chi connectivity index (χ3n) is 4.49. The third kappa shape index (κ3) is 5.26. The monoisotopic (exact) mass is 439 g/mol. The molecule has 3 amide bonds. The Bertz CT molecular complexity index is 1080. The molecular formula is C22H21N3O5S. The average Bonchev–Trinajstić information content (AvgIpc) is 2.74. The van der Waals surface area contributed by atoms with Gasteiger partial charge in [-0.15, -0.1) is 0 Å². The Morgan fingerprint density at radius 2 is 1.90 bits per heavy atom. The number of nitrogens with one attached hydrogen (secondary N) is 2. The SMILES string of the molecule is COc1ccc(/C=C2\C(=O)NC(=S)N(C)C2=O)cc1COc1ccc(NC(C)=O)cc1. The highest BCUT2D eigenvalue weighted by Crippen LogP contribution is 2.25. The fourth-order valence-electron chi connectivity index (χ4n) is 2.91. The Labute approximate surface area is 184 Å². The lowest BCUT2D eigenvalue weighted by molar-refractivity contribution is -0.128. The van der Waals surface area contributed by atoms with Gasteiger partial charge in [-0.25, -0.2) is 0 Å². The van der Waals surface area contributed by atoms with Crippen molar-refractivity contribution in [2.75, 3.05) is 19.5 Å². The number of thiocarbonyl (C=S) groups is 1. The summed E-state index contributed by atoms with van der Waals surface area (Å²) in [5, 5.41) is 5.24. The van der Waals surface area contributed by atoms with Gasteiger partial charge in [-0.05, 0) is 60.3 Å². The lowest BCUT2D eigenvalue weighted by Gasteiger charge is -2.25. The van der Waals surface area contributed by atoms with Gasteiger partial charge in [-0.2, -0.15) is 0 Å². The van der Waals surface area contributed by atoms with Crippen molar-refractivity contribution in [2.45, 2.75) is 13.5 Å². The molecule has 1 saturated heterocycles. The number of likely N-dealkylation sites (N-methyl/N-ethyl adjacent to an activating group) is 1. The number of methoxy groups -OCH3 is 1. The molecule has 0 aliphatic carbocycles. The molecule has 2 N–H and O–H groups in total. The number of anilines is 1. The van der Waals surface area contributed by atoms with Crippen molar-refractivity contribution in [3.05, 3.63) is 59.2 Å². The molecule has 0 radical (unpaired) electrons. The van der Waals surface area contributed by atoms with Gasteiger partial charge in [0.1, 0.15) is 23.7 Å². The summed E-state index contributed by atoms with van der Waals surface area (Å²) >= 11 is 4.96. The molecule has 0 spiro atoms. The fraction of sp³-hybridized carbons (Fsp3) is 0.182. The minimum Gasteiger partial charge on any atom is -0.496 e. The summed E-state index contributed by atoms with van der Waals surface area (Å²) in [4.78, 5) is 36.9. The van der Waals surface area contributed by atoms with Crippen molar-refractivity contribution < 1.29 is 23.9 Å². The van der Waals surface area contributed by atoms with Crippen molar-refractivity contribution in [1.29, 1.82) is 0 Å². The smallest absolute Gasteiger partial charge is 0.265 e. The zero-order valence-electron chi connectivity index (χ0n) is 17.2. The standard InChI is InChI=1S/C22H21N3O5S/c1-13(26)23-16-5-7-17(8-6-16)30-12-15-10-14(4-9-19(15)29-3)11-18-20(27)24-22(31)25(2)21(18)28/h4-11H,12H2,1-3H3,(H,23,26)(H,24,27,31)/b18-11+. The number of amides is 3. The van der Waals surface area contributed by atoms with E-state index in [0.29, 0.717) is 22.7 Å². The highest BCUT2D eigenvalue weighted by molar-refractivity contribution is 7.80.